The molecule has 0 heterocycles. The molecule has 0 aromatic heterocycles. The van der Waals surface area contributed by atoms with Gasteiger partial charge in [0.05, 0.1) is 4.92 Å². The van der Waals surface area contributed by atoms with Crippen LogP contribution in [0.25, 0.3) is 6.08 Å². The number of halogens is 2. The molecule has 1 amide bonds. The Morgan fingerprint density at radius 2 is 2.00 bits per heavy atom. The predicted octanol–water partition coefficient (Wildman–Crippen LogP) is 3.41. The van der Waals surface area contributed by atoms with Crippen LogP contribution in [0.3, 0.4) is 0 Å². The second kappa shape index (κ2) is 6.97. The number of carbonyl (C=O) groups is 1. The molecule has 120 valence electrons. The van der Waals surface area contributed by atoms with E-state index in [-0.39, 0.29) is 12.1 Å². The molecular weight excluding hydrogens is 298 g/mol. The Morgan fingerprint density at radius 1 is 1.36 bits per heavy atom. The van der Waals surface area contributed by atoms with Gasteiger partial charge in [-0.15, -0.1) is 0 Å². The van der Waals surface area contributed by atoms with Gasteiger partial charge in [0.15, 0.2) is 0 Å². The van der Waals surface area contributed by atoms with E-state index in [0.29, 0.717) is 6.07 Å². The van der Waals surface area contributed by atoms with Crippen LogP contribution in [0.2, 0.25) is 0 Å². The Kier molecular flexibility index (Phi) is 5.56. The zero-order chi connectivity index (χ0) is 16.9. The molecule has 0 saturated heterocycles. The number of carbonyl (C=O) groups excluding carboxylic acids is 1. The summed E-state index contributed by atoms with van der Waals surface area (Å²) < 4.78 is 31.6. The molecule has 0 unspecified atom stereocenters. The first-order chi connectivity index (χ1) is 10.1. The number of benzene rings is 1. The van der Waals surface area contributed by atoms with Gasteiger partial charge in [-0.3, -0.25) is 10.1 Å². The van der Waals surface area contributed by atoms with E-state index in [1.807, 2.05) is 0 Å². The van der Waals surface area contributed by atoms with E-state index in [1.54, 1.807) is 20.8 Å². The summed E-state index contributed by atoms with van der Waals surface area (Å²) in [6, 6.07) is 1.23. The first-order valence-electron chi connectivity index (χ1n) is 6.37. The van der Waals surface area contributed by atoms with Crippen molar-refractivity contribution in [1.29, 1.82) is 0 Å². The molecule has 0 saturated carbocycles. The van der Waals surface area contributed by atoms with Gasteiger partial charge in [-0.05, 0) is 20.8 Å². The molecular formula is C14H16F2N2O4. The Labute approximate surface area is 125 Å². The predicted molar refractivity (Wildman–Crippen MR) is 76.3 cm³/mol. The standard InChI is InChI=1S/C14H16F2N2O4/c1-14(2,3)22-13(19)17-6-4-5-9-7-12(18(20)21)11(16)8-10(9)15/h4-5,7-8H,6H2,1-3H3,(H,17,19). The zero-order valence-corrected chi connectivity index (χ0v) is 12.4. The van der Waals surface area contributed by atoms with E-state index in [2.05, 4.69) is 5.32 Å². The summed E-state index contributed by atoms with van der Waals surface area (Å²) >= 11 is 0. The quantitative estimate of drug-likeness (QED) is 0.682. The van der Waals surface area contributed by atoms with Gasteiger partial charge in [-0.2, -0.15) is 4.39 Å². The number of nitrogens with one attached hydrogen (secondary N) is 1. The molecule has 0 spiro atoms. The number of nitro groups is 1. The van der Waals surface area contributed by atoms with Crippen LogP contribution in [-0.4, -0.2) is 23.2 Å². The molecule has 22 heavy (non-hydrogen) atoms. The van der Waals surface area contributed by atoms with Crippen molar-refractivity contribution in [1.82, 2.24) is 5.32 Å². The van der Waals surface area contributed by atoms with Gasteiger partial charge >= 0.3 is 11.8 Å². The molecule has 8 heteroatoms. The minimum atomic E-state index is -1.24. The Morgan fingerprint density at radius 3 is 2.55 bits per heavy atom. The molecule has 0 bridgehead atoms. The summed E-state index contributed by atoms with van der Waals surface area (Å²) in [5.74, 6) is -2.18. The van der Waals surface area contributed by atoms with Crippen LogP contribution < -0.4 is 5.32 Å². The Bertz CT molecular complexity index is 610. The summed E-state index contributed by atoms with van der Waals surface area (Å²) in [6.07, 6.45) is 1.92. The van der Waals surface area contributed by atoms with Gasteiger partial charge in [-0.25, -0.2) is 9.18 Å². The van der Waals surface area contributed by atoms with Crippen LogP contribution in [0.5, 0.6) is 0 Å². The molecule has 6 nitrogen and oxygen atoms in total. The van der Waals surface area contributed by atoms with Crippen molar-refractivity contribution < 1.29 is 23.2 Å². The van der Waals surface area contributed by atoms with Crippen molar-refractivity contribution in [2.75, 3.05) is 6.54 Å². The Balaban J connectivity index is 2.69. The van der Waals surface area contributed by atoms with Crippen LogP contribution in [0.4, 0.5) is 19.3 Å². The van der Waals surface area contributed by atoms with Gasteiger partial charge in [-0.1, -0.05) is 12.2 Å². The first kappa shape index (κ1) is 17.5. The third-order valence-corrected chi connectivity index (χ3v) is 2.32. The normalized spacial score (nSPS) is 11.5. The average molecular weight is 314 g/mol. The van der Waals surface area contributed by atoms with Crippen molar-refractivity contribution in [3.8, 4) is 0 Å². The average Bonchev–Trinajstić information content (AvgIpc) is 2.33. The topological polar surface area (TPSA) is 81.5 Å². The van der Waals surface area contributed by atoms with Gasteiger partial charge in [0.2, 0.25) is 5.82 Å². The highest BCUT2D eigenvalue weighted by Gasteiger charge is 2.17. The van der Waals surface area contributed by atoms with Crippen LogP contribution in [0.15, 0.2) is 18.2 Å². The van der Waals surface area contributed by atoms with Crippen LogP contribution >= 0.6 is 0 Å². The van der Waals surface area contributed by atoms with Gasteiger partial charge in [0, 0.05) is 24.2 Å². The van der Waals surface area contributed by atoms with Crippen LogP contribution in [0, 0.1) is 21.7 Å². The Hall–Kier alpha value is -2.51. The third-order valence-electron chi connectivity index (χ3n) is 2.32. The smallest absolute Gasteiger partial charge is 0.407 e. The fourth-order valence-electron chi connectivity index (χ4n) is 1.46. The maximum atomic E-state index is 13.5. The highest BCUT2D eigenvalue weighted by atomic mass is 19.1. The van der Waals surface area contributed by atoms with Crippen molar-refractivity contribution in [3.05, 3.63) is 45.5 Å². The molecule has 0 atom stereocenters. The van der Waals surface area contributed by atoms with Crippen molar-refractivity contribution in [2.45, 2.75) is 26.4 Å². The van der Waals surface area contributed by atoms with Crippen molar-refractivity contribution in [3.63, 3.8) is 0 Å². The second-order valence-electron chi connectivity index (χ2n) is 5.37. The zero-order valence-electron chi connectivity index (χ0n) is 12.4. The maximum absolute atomic E-state index is 13.5. The van der Waals surface area contributed by atoms with E-state index in [9.17, 15) is 23.7 Å². The molecule has 0 aliphatic heterocycles. The number of nitro benzene ring substituents is 1. The van der Waals surface area contributed by atoms with E-state index < -0.39 is 33.9 Å². The van der Waals surface area contributed by atoms with Gasteiger partial charge < -0.3 is 10.1 Å². The molecule has 1 aromatic carbocycles. The van der Waals surface area contributed by atoms with E-state index >= 15 is 0 Å². The third kappa shape index (κ3) is 5.47. The monoisotopic (exact) mass is 314 g/mol. The summed E-state index contributed by atoms with van der Waals surface area (Å²) in [7, 11) is 0. The lowest BCUT2D eigenvalue weighted by molar-refractivity contribution is -0.387. The lowest BCUT2D eigenvalue weighted by atomic mass is 10.1. The molecule has 1 aromatic rings. The van der Waals surface area contributed by atoms with E-state index in [0.717, 1.165) is 6.07 Å². The first-order valence-corrected chi connectivity index (χ1v) is 6.37. The van der Waals surface area contributed by atoms with Crippen LogP contribution in [0.1, 0.15) is 26.3 Å². The summed E-state index contributed by atoms with van der Waals surface area (Å²) in [6.45, 7) is 5.14. The molecule has 0 fully saturated rings. The number of nitrogens with zero attached hydrogens (tertiary/aromatic N) is 1. The number of hydrogen-bond acceptors (Lipinski definition) is 4. The SMILES string of the molecule is CC(C)(C)OC(=O)NCC=Cc1cc([N+](=O)[O-])c(F)cc1F. The lowest BCUT2D eigenvalue weighted by Gasteiger charge is -2.19. The van der Waals surface area contributed by atoms with Crippen molar-refractivity contribution >= 4 is 17.9 Å². The largest absolute Gasteiger partial charge is 0.444 e. The fourth-order valence-corrected chi connectivity index (χ4v) is 1.46. The minimum Gasteiger partial charge on any atom is -0.444 e. The highest BCUT2D eigenvalue weighted by molar-refractivity contribution is 5.68. The van der Waals surface area contributed by atoms with Crippen molar-refractivity contribution in [2.24, 2.45) is 0 Å². The number of amides is 1. The summed E-state index contributed by atoms with van der Waals surface area (Å²) in [4.78, 5) is 21.0. The summed E-state index contributed by atoms with van der Waals surface area (Å²) in [5, 5.41) is 13.0. The summed E-state index contributed by atoms with van der Waals surface area (Å²) in [5.41, 5.74) is -1.61. The van der Waals surface area contributed by atoms with Gasteiger partial charge in [0.25, 0.3) is 0 Å². The van der Waals surface area contributed by atoms with E-state index in [1.165, 1.54) is 12.2 Å². The highest BCUT2D eigenvalue weighted by Crippen LogP contribution is 2.22. The van der Waals surface area contributed by atoms with Gasteiger partial charge in [0.1, 0.15) is 11.4 Å². The molecule has 0 radical (unpaired) electrons. The lowest BCUT2D eigenvalue weighted by Crippen LogP contribution is -2.32. The number of rotatable bonds is 4. The molecule has 1 rings (SSSR count). The number of hydrogen-bond donors (Lipinski definition) is 1. The number of ether oxygens (including phenoxy) is 1. The minimum absolute atomic E-state index is 0.0273. The molecule has 0 aliphatic rings. The maximum Gasteiger partial charge on any atom is 0.407 e. The molecule has 0 aliphatic carbocycles. The second-order valence-corrected chi connectivity index (χ2v) is 5.37. The van der Waals surface area contributed by atoms with Crippen LogP contribution in [-0.2, 0) is 4.74 Å². The van der Waals surface area contributed by atoms with E-state index in [4.69, 9.17) is 4.74 Å². The number of alkyl carbamates (subject to hydrolysis) is 1. The molecule has 1 N–H and O–H groups in total. The fraction of sp³-hybridized carbons (Fsp3) is 0.357.